The van der Waals surface area contributed by atoms with Crippen LogP contribution in [0.25, 0.3) is 0 Å². The van der Waals surface area contributed by atoms with Crippen LogP contribution in [0.3, 0.4) is 0 Å². The molecule has 0 saturated carbocycles. The van der Waals surface area contributed by atoms with E-state index in [1.54, 1.807) is 48.7 Å². The van der Waals surface area contributed by atoms with Gasteiger partial charge in [0.1, 0.15) is 0 Å². The largest absolute Gasteiger partial charge is 0.465 e. The predicted molar refractivity (Wildman–Crippen MR) is 81.5 cm³/mol. The van der Waals surface area contributed by atoms with Gasteiger partial charge in [0.2, 0.25) is 0 Å². The number of carbonyl (C=O) groups is 1. The number of esters is 1. The van der Waals surface area contributed by atoms with Gasteiger partial charge in [-0.2, -0.15) is 0 Å². The van der Waals surface area contributed by atoms with Crippen molar-refractivity contribution < 1.29 is 9.53 Å². The minimum Gasteiger partial charge on any atom is -0.465 e. The molecule has 0 bridgehead atoms. The van der Waals surface area contributed by atoms with Gasteiger partial charge in [-0.3, -0.25) is 4.99 Å². The normalized spacial score (nSPS) is 10.8. The smallest absolute Gasteiger partial charge is 0.337 e. The van der Waals surface area contributed by atoms with E-state index in [0.717, 1.165) is 5.56 Å². The second-order valence-corrected chi connectivity index (χ2v) is 4.78. The third kappa shape index (κ3) is 3.59. The first-order chi connectivity index (χ1) is 9.60. The fourth-order valence-electron chi connectivity index (χ4n) is 1.54. The Hall–Kier alpha value is -1.84. The number of halogens is 2. The maximum absolute atomic E-state index is 11.3. The summed E-state index contributed by atoms with van der Waals surface area (Å²) >= 11 is 11.7. The van der Waals surface area contributed by atoms with E-state index in [1.165, 1.54) is 7.11 Å². The van der Waals surface area contributed by atoms with Crippen LogP contribution in [-0.4, -0.2) is 19.3 Å². The highest BCUT2D eigenvalue weighted by atomic mass is 35.5. The minimum atomic E-state index is -0.363. The van der Waals surface area contributed by atoms with Gasteiger partial charge in [0.15, 0.2) is 0 Å². The van der Waals surface area contributed by atoms with E-state index < -0.39 is 0 Å². The van der Waals surface area contributed by atoms with Gasteiger partial charge >= 0.3 is 5.97 Å². The number of methoxy groups -OCH3 is 1. The fourth-order valence-corrected chi connectivity index (χ4v) is 1.83. The van der Waals surface area contributed by atoms with Gasteiger partial charge in [-0.25, -0.2) is 4.79 Å². The summed E-state index contributed by atoms with van der Waals surface area (Å²) in [5.41, 5.74) is 2.07. The Labute approximate surface area is 126 Å². The molecule has 0 fully saturated rings. The summed E-state index contributed by atoms with van der Waals surface area (Å²) in [5.74, 6) is -0.363. The Morgan fingerprint density at radius 3 is 2.40 bits per heavy atom. The molecular weight excluding hydrogens is 297 g/mol. The molecule has 3 nitrogen and oxygen atoms in total. The van der Waals surface area contributed by atoms with Crippen molar-refractivity contribution in [3.8, 4) is 0 Å². The molecule has 0 aliphatic heterocycles. The van der Waals surface area contributed by atoms with E-state index in [1.807, 2.05) is 0 Å². The van der Waals surface area contributed by atoms with Crippen LogP contribution in [0.5, 0.6) is 0 Å². The molecule has 2 rings (SSSR count). The summed E-state index contributed by atoms with van der Waals surface area (Å²) in [6.07, 6.45) is 1.68. The predicted octanol–water partition coefficient (Wildman–Crippen LogP) is 4.53. The zero-order valence-electron chi connectivity index (χ0n) is 10.6. The van der Waals surface area contributed by atoms with E-state index in [-0.39, 0.29) is 5.97 Å². The molecule has 0 amide bonds. The van der Waals surface area contributed by atoms with Crippen LogP contribution in [0.1, 0.15) is 15.9 Å². The van der Waals surface area contributed by atoms with Crippen LogP contribution in [0.2, 0.25) is 10.0 Å². The van der Waals surface area contributed by atoms with Crippen LogP contribution >= 0.6 is 23.2 Å². The van der Waals surface area contributed by atoms with Gasteiger partial charge in [0.25, 0.3) is 0 Å². The minimum absolute atomic E-state index is 0.363. The molecule has 0 heterocycles. The molecule has 0 spiro atoms. The molecule has 20 heavy (non-hydrogen) atoms. The Balaban J connectivity index is 2.15. The lowest BCUT2D eigenvalue weighted by Crippen LogP contribution is -2.00. The molecule has 0 aromatic heterocycles. The highest BCUT2D eigenvalue weighted by Crippen LogP contribution is 2.26. The molecule has 2 aromatic carbocycles. The third-order valence-electron chi connectivity index (χ3n) is 2.60. The molecule has 0 atom stereocenters. The van der Waals surface area contributed by atoms with E-state index in [4.69, 9.17) is 23.2 Å². The highest BCUT2D eigenvalue weighted by molar-refractivity contribution is 6.42. The lowest BCUT2D eigenvalue weighted by molar-refractivity contribution is 0.0601. The molecule has 0 saturated heterocycles. The second-order valence-electron chi connectivity index (χ2n) is 3.97. The van der Waals surface area contributed by atoms with Gasteiger partial charge in [-0.15, -0.1) is 0 Å². The average Bonchev–Trinajstić information content (AvgIpc) is 2.48. The Morgan fingerprint density at radius 1 is 1.10 bits per heavy atom. The Bertz CT molecular complexity index is 651. The zero-order valence-corrected chi connectivity index (χ0v) is 12.2. The molecule has 0 N–H and O–H groups in total. The molecule has 2 aromatic rings. The summed E-state index contributed by atoms with van der Waals surface area (Å²) < 4.78 is 4.63. The van der Waals surface area contributed by atoms with Crippen LogP contribution in [0.15, 0.2) is 47.5 Å². The van der Waals surface area contributed by atoms with Crippen molar-refractivity contribution in [2.24, 2.45) is 4.99 Å². The van der Waals surface area contributed by atoms with Crippen molar-refractivity contribution in [3.05, 3.63) is 63.6 Å². The lowest BCUT2D eigenvalue weighted by atomic mass is 10.1. The summed E-state index contributed by atoms with van der Waals surface area (Å²) in [5, 5.41) is 0.954. The van der Waals surface area contributed by atoms with Crippen molar-refractivity contribution in [2.45, 2.75) is 0 Å². The number of hydrogen-bond donors (Lipinski definition) is 0. The summed E-state index contributed by atoms with van der Waals surface area (Å²) in [7, 11) is 1.35. The molecule has 0 radical (unpaired) electrons. The van der Waals surface area contributed by atoms with Crippen molar-refractivity contribution in [1.82, 2.24) is 0 Å². The molecular formula is C15H11Cl2NO2. The lowest BCUT2D eigenvalue weighted by Gasteiger charge is -2.00. The quantitative estimate of drug-likeness (QED) is 0.617. The van der Waals surface area contributed by atoms with Crippen LogP contribution in [0.4, 0.5) is 5.69 Å². The van der Waals surface area contributed by atoms with Crippen molar-refractivity contribution >= 4 is 41.1 Å². The van der Waals surface area contributed by atoms with E-state index in [0.29, 0.717) is 21.3 Å². The standard InChI is InChI=1S/C15H11Cl2NO2/c1-20-15(19)11-4-2-10(3-5-11)9-18-12-6-7-13(16)14(17)8-12/h2-9H,1H3/b18-9+. The zero-order chi connectivity index (χ0) is 14.5. The monoisotopic (exact) mass is 307 g/mol. The van der Waals surface area contributed by atoms with E-state index >= 15 is 0 Å². The van der Waals surface area contributed by atoms with Crippen LogP contribution in [0, 0.1) is 0 Å². The second kappa shape index (κ2) is 6.55. The topological polar surface area (TPSA) is 38.7 Å². The van der Waals surface area contributed by atoms with Gasteiger partial charge in [-0.1, -0.05) is 35.3 Å². The summed E-state index contributed by atoms with van der Waals surface area (Å²) in [4.78, 5) is 15.6. The van der Waals surface area contributed by atoms with Gasteiger partial charge in [-0.05, 0) is 35.9 Å². The Morgan fingerprint density at radius 2 is 1.80 bits per heavy atom. The first kappa shape index (κ1) is 14.6. The summed E-state index contributed by atoms with van der Waals surface area (Å²) in [6, 6.07) is 12.1. The number of ether oxygens (including phenoxy) is 1. The van der Waals surface area contributed by atoms with Gasteiger partial charge < -0.3 is 4.74 Å². The van der Waals surface area contributed by atoms with Crippen molar-refractivity contribution in [2.75, 3.05) is 7.11 Å². The number of aliphatic imine (C=N–C) groups is 1. The molecule has 0 aliphatic carbocycles. The van der Waals surface area contributed by atoms with Gasteiger partial charge in [0, 0.05) is 6.21 Å². The van der Waals surface area contributed by atoms with Crippen molar-refractivity contribution in [1.29, 1.82) is 0 Å². The highest BCUT2D eigenvalue weighted by Gasteiger charge is 2.03. The first-order valence-electron chi connectivity index (χ1n) is 5.77. The third-order valence-corrected chi connectivity index (χ3v) is 3.34. The maximum Gasteiger partial charge on any atom is 0.337 e. The Kier molecular flexibility index (Phi) is 4.77. The number of nitrogens with zero attached hydrogens (tertiary/aromatic N) is 1. The first-order valence-corrected chi connectivity index (χ1v) is 6.53. The van der Waals surface area contributed by atoms with Gasteiger partial charge in [0.05, 0.1) is 28.4 Å². The molecule has 0 unspecified atom stereocenters. The number of rotatable bonds is 3. The number of benzene rings is 2. The SMILES string of the molecule is COC(=O)c1ccc(/C=N/c2ccc(Cl)c(Cl)c2)cc1. The van der Waals surface area contributed by atoms with Crippen molar-refractivity contribution in [3.63, 3.8) is 0 Å². The fraction of sp³-hybridized carbons (Fsp3) is 0.0667. The molecule has 0 aliphatic rings. The summed E-state index contributed by atoms with van der Waals surface area (Å²) in [6.45, 7) is 0. The van der Waals surface area contributed by atoms with Crippen LogP contribution < -0.4 is 0 Å². The molecule has 5 heteroatoms. The maximum atomic E-state index is 11.3. The molecule has 102 valence electrons. The van der Waals surface area contributed by atoms with E-state index in [2.05, 4.69) is 9.73 Å². The van der Waals surface area contributed by atoms with E-state index in [9.17, 15) is 4.79 Å². The number of carbonyl (C=O) groups excluding carboxylic acids is 1. The number of hydrogen-bond acceptors (Lipinski definition) is 3. The van der Waals surface area contributed by atoms with Crippen LogP contribution in [-0.2, 0) is 4.74 Å². The average molecular weight is 308 g/mol.